The highest BCUT2D eigenvalue weighted by atomic mass is 35.5. The van der Waals surface area contributed by atoms with Gasteiger partial charge in [0.25, 0.3) is 5.91 Å². The number of nitrogens with one attached hydrogen (secondary N) is 2. The van der Waals surface area contributed by atoms with Crippen LogP contribution >= 0.6 is 11.6 Å². The van der Waals surface area contributed by atoms with Crippen molar-refractivity contribution in [2.75, 3.05) is 30.4 Å². The summed E-state index contributed by atoms with van der Waals surface area (Å²) in [4.78, 5) is 31.4. The number of aliphatic hydroxyl groups is 1. The molecule has 0 spiro atoms. The van der Waals surface area contributed by atoms with E-state index in [-0.39, 0.29) is 43.4 Å². The molecule has 0 saturated carbocycles. The predicted molar refractivity (Wildman–Crippen MR) is 128 cm³/mol. The van der Waals surface area contributed by atoms with Gasteiger partial charge in [0, 0.05) is 34.4 Å². The lowest BCUT2D eigenvalue weighted by Gasteiger charge is -2.24. The molecular formula is C23H26ClN7O3. The summed E-state index contributed by atoms with van der Waals surface area (Å²) in [5.74, 6) is 0.820. The van der Waals surface area contributed by atoms with E-state index in [2.05, 4.69) is 30.6 Å². The fraction of sp³-hybridized carbons (Fsp3) is 0.348. The number of carbonyl (C=O) groups is 1. The van der Waals surface area contributed by atoms with Gasteiger partial charge in [-0.3, -0.25) is 4.79 Å². The first-order chi connectivity index (χ1) is 17.3. The van der Waals surface area contributed by atoms with Gasteiger partial charge in [-0.05, 0) is 36.6 Å². The molecule has 34 heavy (non-hydrogen) atoms. The molecule has 3 N–H and O–H groups in total. The van der Waals surface area contributed by atoms with Gasteiger partial charge in [0.2, 0.25) is 5.95 Å². The highest BCUT2D eigenvalue weighted by Gasteiger charge is 2.27. The zero-order chi connectivity index (χ0) is 25.7. The molecule has 1 fully saturated rings. The van der Waals surface area contributed by atoms with E-state index in [1.165, 1.54) is 18.2 Å². The fourth-order valence-corrected chi connectivity index (χ4v) is 3.77. The number of halogens is 1. The maximum atomic E-state index is 13.0. The van der Waals surface area contributed by atoms with Crippen molar-refractivity contribution in [3.8, 4) is 5.75 Å². The number of nitrogens with zero attached hydrogens (tertiary/aromatic N) is 5. The third kappa shape index (κ3) is 5.52. The van der Waals surface area contributed by atoms with Crippen molar-refractivity contribution in [1.29, 1.82) is 0 Å². The van der Waals surface area contributed by atoms with Crippen molar-refractivity contribution in [3.05, 3.63) is 64.8 Å². The lowest BCUT2D eigenvalue weighted by atomic mass is 10.2. The molecule has 1 aliphatic heterocycles. The van der Waals surface area contributed by atoms with E-state index in [9.17, 15) is 9.90 Å². The van der Waals surface area contributed by atoms with Crippen molar-refractivity contribution in [3.63, 3.8) is 0 Å². The Kier molecular flexibility index (Phi) is 6.86. The summed E-state index contributed by atoms with van der Waals surface area (Å²) in [7, 11) is 1.53. The highest BCUT2D eigenvalue weighted by Crippen LogP contribution is 2.27. The minimum atomic E-state index is -1.73. The average molecular weight is 486 g/mol. The Balaban J connectivity index is 1.62. The summed E-state index contributed by atoms with van der Waals surface area (Å²) in [6, 6.07) is 6.52. The number of aliphatic hydroxyl groups excluding tert-OH is 1. The van der Waals surface area contributed by atoms with Crippen molar-refractivity contribution < 1.29 is 17.4 Å². The van der Waals surface area contributed by atoms with Crippen LogP contribution in [-0.4, -0.2) is 57.2 Å². The normalized spacial score (nSPS) is 17.6. The number of ether oxygens (including phenoxy) is 1. The predicted octanol–water partition coefficient (Wildman–Crippen LogP) is 2.43. The van der Waals surface area contributed by atoms with Crippen LogP contribution in [-0.2, 0) is 13.1 Å². The minimum absolute atomic E-state index is 0.0785. The van der Waals surface area contributed by atoms with Gasteiger partial charge in [-0.1, -0.05) is 17.7 Å². The van der Waals surface area contributed by atoms with Gasteiger partial charge in [-0.15, -0.1) is 0 Å². The Morgan fingerprint density at radius 3 is 2.88 bits per heavy atom. The maximum absolute atomic E-state index is 13.0. The smallest absolute Gasteiger partial charge is 0.256 e. The Labute approximate surface area is 205 Å². The number of carbonyl (C=O) groups excluding carboxylic acids is 1. The molecule has 2 aromatic heterocycles. The molecule has 178 valence electrons. The standard InChI is InChI=1S/C23H26ClN7O3/c1-34-19-6-5-15(10-18(19)24)11-27-21-17(22(33)28-13-20-25-7-3-8-26-20)12-29-23(30-21)31-9-2-4-16(31)14-32/h3,5-8,10,12,16,32H,2,4,9,11,13-14H2,1H3,(H,28,33)(H,27,29,30)/t16-/m0/s1/i9D2. The Hall–Kier alpha value is -3.50. The second-order valence-corrected chi connectivity index (χ2v) is 7.91. The van der Waals surface area contributed by atoms with Crippen LogP contribution in [0.1, 0.15) is 37.3 Å². The molecule has 0 bridgehead atoms. The summed E-state index contributed by atoms with van der Waals surface area (Å²) in [6.45, 7) is -1.59. The fourth-order valence-electron chi connectivity index (χ4n) is 3.49. The Bertz CT molecular complexity index is 1220. The molecule has 4 rings (SSSR count). The van der Waals surface area contributed by atoms with Crippen LogP contribution in [0.25, 0.3) is 0 Å². The molecule has 1 atom stereocenters. The number of amides is 1. The molecular weight excluding hydrogens is 458 g/mol. The summed E-state index contributed by atoms with van der Waals surface area (Å²) >= 11 is 6.24. The largest absolute Gasteiger partial charge is 0.495 e. The maximum Gasteiger partial charge on any atom is 0.256 e. The van der Waals surface area contributed by atoms with Crippen LogP contribution in [0.5, 0.6) is 5.75 Å². The number of aromatic nitrogens is 4. The van der Waals surface area contributed by atoms with Crippen molar-refractivity contribution in [1.82, 2.24) is 25.3 Å². The summed E-state index contributed by atoms with van der Waals surface area (Å²) in [5, 5.41) is 16.1. The second-order valence-electron chi connectivity index (χ2n) is 7.51. The SMILES string of the molecule is [2H]C1([2H])CC[C@@H](CO)N1c1ncc(C(=O)NCc2ncccn2)c(NCc2ccc(OC)c(Cl)c2)n1. The number of rotatable bonds is 9. The summed E-state index contributed by atoms with van der Waals surface area (Å²) in [5.41, 5.74) is 0.976. The minimum Gasteiger partial charge on any atom is -0.495 e. The number of anilines is 2. The monoisotopic (exact) mass is 485 g/mol. The first-order valence-corrected chi connectivity index (χ1v) is 11.1. The molecule has 0 aliphatic carbocycles. The van der Waals surface area contributed by atoms with E-state index in [4.69, 9.17) is 19.1 Å². The number of benzene rings is 1. The zero-order valence-electron chi connectivity index (χ0n) is 20.5. The quantitative estimate of drug-likeness (QED) is 0.419. The molecule has 0 unspecified atom stereocenters. The first kappa shape index (κ1) is 21.1. The molecule has 1 aromatic carbocycles. The van der Waals surface area contributed by atoms with Gasteiger partial charge < -0.3 is 25.4 Å². The third-order valence-electron chi connectivity index (χ3n) is 5.27. The third-order valence-corrected chi connectivity index (χ3v) is 5.57. The molecule has 1 amide bonds. The van der Waals surface area contributed by atoms with Gasteiger partial charge in [0.05, 0.1) is 31.3 Å². The second kappa shape index (κ2) is 11.1. The molecule has 3 aromatic rings. The Morgan fingerprint density at radius 1 is 1.32 bits per heavy atom. The van der Waals surface area contributed by atoms with E-state index in [0.29, 0.717) is 23.0 Å². The molecule has 1 aliphatic rings. The van der Waals surface area contributed by atoms with Crippen LogP contribution in [0.4, 0.5) is 11.8 Å². The highest BCUT2D eigenvalue weighted by molar-refractivity contribution is 6.32. The zero-order valence-corrected chi connectivity index (χ0v) is 19.3. The van der Waals surface area contributed by atoms with E-state index in [0.717, 1.165) is 5.56 Å². The molecule has 10 nitrogen and oxygen atoms in total. The van der Waals surface area contributed by atoms with Gasteiger partial charge >= 0.3 is 0 Å². The van der Waals surface area contributed by atoms with E-state index in [1.54, 1.807) is 30.6 Å². The molecule has 0 radical (unpaired) electrons. The van der Waals surface area contributed by atoms with Gasteiger partial charge in [0.1, 0.15) is 23.0 Å². The molecule has 11 heteroatoms. The number of methoxy groups -OCH3 is 1. The van der Waals surface area contributed by atoms with E-state index >= 15 is 0 Å². The first-order valence-electron chi connectivity index (χ1n) is 11.7. The molecule has 3 heterocycles. The molecule has 1 saturated heterocycles. The van der Waals surface area contributed by atoms with Crippen LogP contribution in [0.3, 0.4) is 0 Å². The average Bonchev–Trinajstić information content (AvgIpc) is 3.20. The van der Waals surface area contributed by atoms with Crippen LogP contribution in [0, 0.1) is 0 Å². The topological polar surface area (TPSA) is 125 Å². The van der Waals surface area contributed by atoms with Crippen LogP contribution in [0.2, 0.25) is 5.02 Å². The summed E-state index contributed by atoms with van der Waals surface area (Å²) < 4.78 is 21.9. The lowest BCUT2D eigenvalue weighted by molar-refractivity contribution is 0.0950. The van der Waals surface area contributed by atoms with Crippen LogP contribution in [0.15, 0.2) is 42.9 Å². The number of hydrogen-bond donors (Lipinski definition) is 3. The van der Waals surface area contributed by atoms with Gasteiger partial charge in [0.15, 0.2) is 0 Å². The van der Waals surface area contributed by atoms with Crippen molar-refractivity contribution in [2.45, 2.75) is 32.0 Å². The summed E-state index contributed by atoms with van der Waals surface area (Å²) in [6.07, 6.45) is 5.20. The van der Waals surface area contributed by atoms with E-state index in [1.807, 2.05) is 6.07 Å². The van der Waals surface area contributed by atoms with Gasteiger partial charge in [-0.2, -0.15) is 4.98 Å². The number of hydrogen-bond acceptors (Lipinski definition) is 9. The van der Waals surface area contributed by atoms with Gasteiger partial charge in [-0.25, -0.2) is 15.0 Å². The van der Waals surface area contributed by atoms with E-state index < -0.39 is 18.4 Å². The van der Waals surface area contributed by atoms with Crippen molar-refractivity contribution >= 4 is 29.3 Å². The van der Waals surface area contributed by atoms with Crippen LogP contribution < -0.4 is 20.3 Å². The van der Waals surface area contributed by atoms with Crippen molar-refractivity contribution in [2.24, 2.45) is 0 Å². The lowest BCUT2D eigenvalue weighted by Crippen LogP contribution is -2.34. The Morgan fingerprint density at radius 2 is 2.15 bits per heavy atom.